The van der Waals surface area contributed by atoms with Crippen LogP contribution in [-0.4, -0.2) is 112 Å². The highest BCUT2D eigenvalue weighted by atomic mass is 19.4. The van der Waals surface area contributed by atoms with Crippen molar-refractivity contribution in [2.45, 2.75) is 155 Å². The highest BCUT2D eigenvalue weighted by Crippen LogP contribution is 2.41. The van der Waals surface area contributed by atoms with Crippen molar-refractivity contribution in [1.29, 1.82) is 0 Å². The molecule has 0 atom stereocenters. The number of tetrazole rings is 2. The molecule has 4 aromatic heterocycles. The predicted octanol–water partition coefficient (Wildman–Crippen LogP) is 13.2. The average Bonchev–Trinajstić information content (AvgIpc) is 1.66. The standard InChI is InChI=1S/C31H40BF6N7O2.C31H33F6N7O.C6H7BO2/c1-7-44(17-20-10-8-9-11-20)26-22(14-25(16-39-26)32-46-28(2,3)29(4,5)47-32)19-45(27-40-42-43(6)41-27)18-21-12-23(30(33,34)35)15-24(13-21)31(36,37)38;1-3-43(18-21-9-7-8-10-21)28-23(15-27(17-38-28)45-26-11-5-4-6-12-26)20-44(29-39-41-42(2)40-29)19-22-13-24(30(32,33)34)16-25(14-22)31(35,36)37;8-7(9)6-4-2-1-3-5-6/h12-16,20H,7-11,17-19H2,1-6H3;4-6,11-17,21H,3,7-10,18-20H2,1-2H3;1-5,8-9H. The van der Waals surface area contributed by atoms with Crippen LogP contribution in [0.4, 0.5) is 76.2 Å². The number of anilines is 4. The first kappa shape index (κ1) is 76.6. The summed E-state index contributed by atoms with van der Waals surface area (Å²) in [7, 11) is 0.951. The van der Waals surface area contributed by atoms with Crippen LogP contribution in [0, 0.1) is 11.8 Å². The molecule has 1 saturated heterocycles. The quantitative estimate of drug-likeness (QED) is 0.0480. The van der Waals surface area contributed by atoms with Gasteiger partial charge in [0.25, 0.3) is 11.9 Å². The van der Waals surface area contributed by atoms with Crippen LogP contribution in [-0.2, 0) is 74.3 Å². The molecule has 33 heteroatoms. The number of hydrogen-bond acceptors (Lipinski definition) is 17. The van der Waals surface area contributed by atoms with Gasteiger partial charge in [-0.3, -0.25) is 0 Å². The van der Waals surface area contributed by atoms with E-state index in [4.69, 9.17) is 34.1 Å². The first-order valence-corrected chi connectivity index (χ1v) is 33.1. The molecule has 101 heavy (non-hydrogen) atoms. The average molecular weight is 1420 g/mol. The molecule has 19 nitrogen and oxygen atoms in total. The molecule has 3 fully saturated rings. The molecule has 4 aromatic carbocycles. The third-order valence-corrected chi connectivity index (χ3v) is 18.1. The number of para-hydroxylation sites is 1. The van der Waals surface area contributed by atoms with Crippen LogP contribution in [0.25, 0.3) is 0 Å². The lowest BCUT2D eigenvalue weighted by Crippen LogP contribution is -2.41. The van der Waals surface area contributed by atoms with Crippen LogP contribution in [0.3, 0.4) is 0 Å². The maximum atomic E-state index is 13.7. The Kier molecular flexibility index (Phi) is 24.4. The lowest BCUT2D eigenvalue weighted by molar-refractivity contribution is -0.144. The minimum atomic E-state index is -4.98. The number of aromatic nitrogens is 10. The van der Waals surface area contributed by atoms with Gasteiger partial charge in [0.05, 0.1) is 60.3 Å². The SMILES string of the molecule is CCN(CC1CCCC1)c1ncc(B2OC(C)(C)C(C)(C)O2)cc1CN(Cc1cc(C(F)(F)F)cc(C(F)(F)F)c1)c1nnn(C)n1.CCN(CC1CCCC1)c1ncc(Oc2ccccc2)cc1CN(Cc1cc(C(F)(F)F)cc(C(F)(F)F)c1)c1nnn(C)n1.OB(O)c1ccccc1. The van der Waals surface area contributed by atoms with Gasteiger partial charge < -0.3 is 43.7 Å². The molecule has 3 aliphatic rings. The summed E-state index contributed by atoms with van der Waals surface area (Å²) in [5.74, 6) is 3.31. The van der Waals surface area contributed by atoms with E-state index in [0.29, 0.717) is 82.2 Å². The fourth-order valence-corrected chi connectivity index (χ4v) is 12.2. The van der Waals surface area contributed by atoms with Crippen molar-refractivity contribution >= 4 is 48.7 Å². The predicted molar refractivity (Wildman–Crippen MR) is 357 cm³/mol. The number of aryl methyl sites for hydroxylation is 2. The van der Waals surface area contributed by atoms with E-state index >= 15 is 0 Å². The second-order valence-electron chi connectivity index (χ2n) is 26.3. The van der Waals surface area contributed by atoms with Gasteiger partial charge in [-0.1, -0.05) is 90.5 Å². The van der Waals surface area contributed by atoms with Crippen molar-refractivity contribution in [3.8, 4) is 11.5 Å². The lowest BCUT2D eigenvalue weighted by Gasteiger charge is -2.32. The third-order valence-electron chi connectivity index (χ3n) is 18.1. The van der Waals surface area contributed by atoms with E-state index in [-0.39, 0.29) is 61.3 Å². The molecule has 0 unspecified atom stereocenters. The zero-order valence-electron chi connectivity index (χ0n) is 57.1. The van der Waals surface area contributed by atoms with Gasteiger partial charge in [-0.2, -0.15) is 62.3 Å². The number of rotatable bonds is 22. The zero-order valence-corrected chi connectivity index (χ0v) is 57.1. The van der Waals surface area contributed by atoms with Crippen LogP contribution in [0.5, 0.6) is 11.5 Å². The summed E-state index contributed by atoms with van der Waals surface area (Å²) >= 11 is 0. The number of alkyl halides is 12. The van der Waals surface area contributed by atoms with Crippen LogP contribution < -0.4 is 35.3 Å². The lowest BCUT2D eigenvalue weighted by atomic mass is 9.79. The van der Waals surface area contributed by atoms with E-state index in [1.54, 1.807) is 54.9 Å². The monoisotopic (exact) mass is 1420 g/mol. The fraction of sp³-hybridized carbons (Fsp3) is 0.471. The molecule has 2 aliphatic carbocycles. The smallest absolute Gasteiger partial charge is 0.456 e. The second kappa shape index (κ2) is 32.2. The van der Waals surface area contributed by atoms with Crippen LogP contribution in [0.1, 0.15) is 137 Å². The van der Waals surface area contributed by atoms with Crippen LogP contribution in [0.2, 0.25) is 0 Å². The topological polar surface area (TPSA) is 194 Å². The van der Waals surface area contributed by atoms with E-state index in [1.165, 1.54) is 33.5 Å². The van der Waals surface area contributed by atoms with E-state index in [2.05, 4.69) is 40.6 Å². The Hall–Kier alpha value is -8.55. The normalized spacial score (nSPS) is 15.6. The van der Waals surface area contributed by atoms with Crippen molar-refractivity contribution in [3.05, 3.63) is 166 Å². The number of benzene rings is 4. The van der Waals surface area contributed by atoms with Crippen molar-refractivity contribution < 1.29 is 76.8 Å². The highest BCUT2D eigenvalue weighted by molar-refractivity contribution is 6.62. The van der Waals surface area contributed by atoms with Crippen molar-refractivity contribution in [2.75, 3.05) is 45.8 Å². The highest BCUT2D eigenvalue weighted by Gasteiger charge is 2.52. The molecule has 11 rings (SSSR count). The Morgan fingerprint density at radius 2 is 0.901 bits per heavy atom. The van der Waals surface area contributed by atoms with E-state index < -0.39 is 72.4 Å². The maximum Gasteiger partial charge on any atom is 0.496 e. The first-order chi connectivity index (χ1) is 47.5. The van der Waals surface area contributed by atoms with E-state index in [9.17, 15) is 52.7 Å². The summed E-state index contributed by atoms with van der Waals surface area (Å²) in [4.78, 5) is 19.3. The molecule has 0 amide bonds. The van der Waals surface area contributed by atoms with Crippen molar-refractivity contribution in [3.63, 3.8) is 0 Å². The molecule has 1 aliphatic heterocycles. The van der Waals surface area contributed by atoms with E-state index in [0.717, 1.165) is 76.6 Å². The first-order valence-electron chi connectivity index (χ1n) is 33.1. The van der Waals surface area contributed by atoms with Crippen molar-refractivity contribution in [1.82, 2.24) is 50.4 Å². The Morgan fingerprint density at radius 1 is 0.515 bits per heavy atom. The summed E-state index contributed by atoms with van der Waals surface area (Å²) in [6.07, 6.45) is -7.56. The van der Waals surface area contributed by atoms with Gasteiger partial charge in [-0.05, 0) is 161 Å². The minimum absolute atomic E-state index is 0.000135. The van der Waals surface area contributed by atoms with Crippen LogP contribution in [0.15, 0.2) is 122 Å². The Balaban J connectivity index is 0.000000209. The summed E-state index contributed by atoms with van der Waals surface area (Å²) < 4.78 is 183. The molecule has 0 radical (unpaired) electrons. The number of pyridine rings is 2. The number of hydrogen-bond donors (Lipinski definition) is 2. The zero-order chi connectivity index (χ0) is 73.2. The number of nitrogens with zero attached hydrogens (tertiary/aromatic N) is 14. The molecule has 5 heterocycles. The molecular weight excluding hydrogens is 1340 g/mol. The van der Waals surface area contributed by atoms with Gasteiger partial charge in [0.1, 0.15) is 23.1 Å². The molecule has 0 spiro atoms. The third kappa shape index (κ3) is 20.6. The van der Waals surface area contributed by atoms with Gasteiger partial charge in [0.15, 0.2) is 0 Å². The van der Waals surface area contributed by atoms with Gasteiger partial charge in [-0.25, -0.2) is 9.97 Å². The second-order valence-corrected chi connectivity index (χ2v) is 26.3. The Labute approximate surface area is 578 Å². The maximum absolute atomic E-state index is 13.7. The molecule has 2 N–H and O–H groups in total. The molecule has 8 aromatic rings. The van der Waals surface area contributed by atoms with Crippen LogP contribution >= 0.6 is 0 Å². The molecular formula is C68H80B2F12N14O5. The Bertz CT molecular complexity index is 3900. The molecule has 542 valence electrons. The fourth-order valence-electron chi connectivity index (χ4n) is 12.2. The molecule has 0 bridgehead atoms. The summed E-state index contributed by atoms with van der Waals surface area (Å²) in [6, 6.07) is 24.5. The van der Waals surface area contributed by atoms with Gasteiger partial charge in [-0.15, -0.1) is 10.2 Å². The minimum Gasteiger partial charge on any atom is -0.456 e. The summed E-state index contributed by atoms with van der Waals surface area (Å²) in [5.41, 5.74) is -4.80. The number of ether oxygens (including phenoxy) is 1. The summed E-state index contributed by atoms with van der Waals surface area (Å²) in [5, 5.41) is 41.5. The van der Waals surface area contributed by atoms with Gasteiger partial charge in [0.2, 0.25) is 0 Å². The Morgan fingerprint density at radius 3 is 1.26 bits per heavy atom. The van der Waals surface area contributed by atoms with E-state index in [1.807, 2.05) is 71.9 Å². The van der Waals surface area contributed by atoms with Crippen molar-refractivity contribution in [2.24, 2.45) is 25.9 Å². The molecule has 2 saturated carbocycles. The largest absolute Gasteiger partial charge is 0.496 e. The van der Waals surface area contributed by atoms with Gasteiger partial charge in [0, 0.05) is 68.6 Å². The summed E-state index contributed by atoms with van der Waals surface area (Å²) in [6.45, 7) is 13.8. The van der Waals surface area contributed by atoms with Gasteiger partial charge >= 0.3 is 38.9 Å². The number of halogens is 12.